The van der Waals surface area contributed by atoms with Crippen molar-refractivity contribution in [1.82, 2.24) is 39.8 Å². The van der Waals surface area contributed by atoms with Gasteiger partial charge in [0.15, 0.2) is 0 Å². The number of aromatic nitrogens is 6. The Kier molecular flexibility index (Phi) is 16.7. The van der Waals surface area contributed by atoms with Crippen LogP contribution in [0.3, 0.4) is 0 Å². The van der Waals surface area contributed by atoms with Gasteiger partial charge >= 0.3 is 5.97 Å². The summed E-state index contributed by atoms with van der Waals surface area (Å²) < 4.78 is 37.2. The van der Waals surface area contributed by atoms with Gasteiger partial charge in [0.2, 0.25) is 0 Å². The summed E-state index contributed by atoms with van der Waals surface area (Å²) in [6.45, 7) is 6.04. The number of amides is 2. The summed E-state index contributed by atoms with van der Waals surface area (Å²) in [5.74, 6) is -1.39. The number of carbonyl (C=O) groups excluding carboxylic acids is 3. The molecule has 6 aromatic heterocycles. The number of halogens is 2. The van der Waals surface area contributed by atoms with Crippen LogP contribution in [0.25, 0.3) is 33.8 Å². The van der Waals surface area contributed by atoms with Crippen LogP contribution in [0.4, 0.5) is 20.2 Å². The minimum atomic E-state index is -1.66. The van der Waals surface area contributed by atoms with Gasteiger partial charge in [-0.15, -0.1) is 0 Å². The van der Waals surface area contributed by atoms with E-state index in [1.807, 2.05) is 24.3 Å². The number of anilines is 2. The third-order valence-corrected chi connectivity index (χ3v) is 12.8. The summed E-state index contributed by atoms with van der Waals surface area (Å²) in [7, 11) is 0. The van der Waals surface area contributed by atoms with Crippen molar-refractivity contribution in [2.24, 2.45) is 0 Å². The number of aliphatic hydroxyl groups excluding tert-OH is 1. The highest BCUT2D eigenvalue weighted by Gasteiger charge is 2.31. The lowest BCUT2D eigenvalue weighted by atomic mass is 9.92. The van der Waals surface area contributed by atoms with Gasteiger partial charge in [-0.2, -0.15) is 20.7 Å². The Morgan fingerprint density at radius 1 is 0.712 bits per heavy atom. The Morgan fingerprint density at radius 2 is 1.16 bits per heavy atom. The number of fused-ring (bicyclic) bond motifs is 2. The van der Waals surface area contributed by atoms with Crippen LogP contribution < -0.4 is 21.3 Å². The predicted molar refractivity (Wildman–Crippen MR) is 267 cm³/mol. The molecule has 0 aliphatic heterocycles. The fourth-order valence-corrected chi connectivity index (χ4v) is 8.71. The lowest BCUT2D eigenvalue weighted by Gasteiger charge is -2.30. The zero-order valence-electron chi connectivity index (χ0n) is 41.3. The number of pyridine rings is 2. The molecule has 6 heterocycles. The topological polar surface area (TPSA) is 277 Å². The van der Waals surface area contributed by atoms with Gasteiger partial charge in [0.05, 0.1) is 110 Å². The van der Waals surface area contributed by atoms with Crippen LogP contribution in [0.2, 0.25) is 0 Å². The summed E-state index contributed by atoms with van der Waals surface area (Å²) >= 11 is 0. The molecule has 384 valence electrons. The summed E-state index contributed by atoms with van der Waals surface area (Å²) in [4.78, 5) is 46.4. The molecule has 73 heavy (non-hydrogen) atoms. The van der Waals surface area contributed by atoms with E-state index < -0.39 is 41.5 Å². The fraction of sp³-hybridized carbons (Fsp3) is 0.442. The van der Waals surface area contributed by atoms with E-state index in [1.165, 1.54) is 59.4 Å². The van der Waals surface area contributed by atoms with Crippen LogP contribution in [0.5, 0.6) is 0 Å². The van der Waals surface area contributed by atoms with Gasteiger partial charge in [-0.25, -0.2) is 17.8 Å². The molecule has 2 aliphatic rings. The van der Waals surface area contributed by atoms with Gasteiger partial charge < -0.3 is 41.3 Å². The van der Waals surface area contributed by atoms with Crippen LogP contribution in [0.15, 0.2) is 73.3 Å². The lowest BCUT2D eigenvalue weighted by molar-refractivity contribution is -0.147. The molecule has 6 aromatic rings. The van der Waals surface area contributed by atoms with Crippen LogP contribution >= 0.6 is 0 Å². The molecule has 6 atom stereocenters. The summed E-state index contributed by atoms with van der Waals surface area (Å²) in [5.41, 5.74) is 3.01. The molecule has 2 saturated carbocycles. The number of hydrogen-bond acceptors (Lipinski definition) is 15. The van der Waals surface area contributed by atoms with Crippen molar-refractivity contribution in [3.8, 4) is 34.9 Å². The first-order valence-corrected chi connectivity index (χ1v) is 24.1. The molecular weight excluding hydrogens is 943 g/mol. The van der Waals surface area contributed by atoms with Gasteiger partial charge in [-0.3, -0.25) is 24.4 Å². The van der Waals surface area contributed by atoms with E-state index in [0.717, 1.165) is 44.0 Å². The monoisotopic (exact) mass is 1000 g/mol. The number of carbonyl (C=O) groups is 3. The molecule has 0 aromatic carbocycles. The van der Waals surface area contributed by atoms with Crippen molar-refractivity contribution in [1.29, 1.82) is 10.5 Å². The highest BCUT2D eigenvalue weighted by Crippen LogP contribution is 2.31. The minimum absolute atomic E-state index is 0.0359. The Bertz CT molecular complexity index is 3040. The number of esters is 1. The molecule has 2 fully saturated rings. The van der Waals surface area contributed by atoms with Crippen molar-refractivity contribution >= 4 is 40.2 Å². The second-order valence-corrected chi connectivity index (χ2v) is 19.6. The van der Waals surface area contributed by atoms with Crippen molar-refractivity contribution in [3.63, 3.8) is 0 Å². The first kappa shape index (κ1) is 53.2. The third kappa shape index (κ3) is 13.5. The first-order valence-electron chi connectivity index (χ1n) is 24.1. The summed E-state index contributed by atoms with van der Waals surface area (Å²) in [6, 6.07) is 18.2. The fourth-order valence-electron chi connectivity index (χ4n) is 8.71. The Labute approximate surface area is 420 Å². The van der Waals surface area contributed by atoms with E-state index >= 15 is 0 Å². The van der Waals surface area contributed by atoms with Gasteiger partial charge in [-0.1, -0.05) is 0 Å². The Hall–Kier alpha value is -7.59. The van der Waals surface area contributed by atoms with Crippen LogP contribution in [-0.2, 0) is 9.53 Å². The average Bonchev–Trinajstić information content (AvgIpc) is 3.98. The molecule has 0 unspecified atom stereocenters. The summed E-state index contributed by atoms with van der Waals surface area (Å²) in [6.07, 6.45) is 7.86. The first-order chi connectivity index (χ1) is 34.7. The Morgan fingerprint density at radius 3 is 1.59 bits per heavy atom. The van der Waals surface area contributed by atoms with E-state index in [-0.39, 0.29) is 48.4 Å². The number of rotatable bonds is 15. The molecule has 19 nitrogen and oxygen atoms in total. The van der Waals surface area contributed by atoms with E-state index in [0.29, 0.717) is 63.6 Å². The van der Waals surface area contributed by atoms with Crippen LogP contribution in [-0.4, -0.2) is 123 Å². The molecule has 2 amide bonds. The maximum atomic E-state index is 14.3. The second kappa shape index (κ2) is 22.9. The summed E-state index contributed by atoms with van der Waals surface area (Å²) in [5, 5.41) is 68.6. The molecule has 7 N–H and O–H groups in total. The third-order valence-electron chi connectivity index (χ3n) is 12.8. The van der Waals surface area contributed by atoms with Gasteiger partial charge in [0.25, 0.3) is 11.8 Å². The minimum Gasteiger partial charge on any atom is -0.462 e. The zero-order chi connectivity index (χ0) is 52.6. The maximum absolute atomic E-state index is 14.3. The average molecular weight is 1000 g/mol. The standard InChI is InChI=1S/C27H31FN6O4.C25H29FN6O3/c1-16(35)38-20-6-4-5-18(10-20)33-22-11-23(24-8-7-19-9-17(12-29)13-32-34(19)24)30-14-21(22)26(36)31-15-25(28)27(2,3)37;1-25(2,35)23(26)14-29-24(34)19-13-28-21(10-20(19)31-16-4-3-5-18(33)9-16)22-7-6-17-8-15(11-27)12-30-32(17)22/h7-9,11,13-14,18,20,25,37H,4-6,10,15H2,1-3H3,(H,30,33)(H,31,36);6-8,10,12-13,16,18,23,33,35H,3-5,9,14H2,1-2H3,(H,28,31)(H,29,34)/t18-,20+,25+;16-,18+,23+/m00/s1. The smallest absolute Gasteiger partial charge is 0.302 e. The maximum Gasteiger partial charge on any atom is 0.302 e. The van der Waals surface area contributed by atoms with E-state index in [4.69, 9.17) is 15.3 Å². The van der Waals surface area contributed by atoms with E-state index in [1.54, 1.807) is 33.3 Å². The number of hydrogen-bond donors (Lipinski definition) is 7. The number of ether oxygens (including phenoxy) is 1. The molecule has 8 rings (SSSR count). The Balaban J connectivity index is 0.000000214. The molecular formula is C52H60F2N12O7. The predicted octanol–water partition coefficient (Wildman–Crippen LogP) is 6.22. The van der Waals surface area contributed by atoms with Crippen molar-refractivity contribution in [3.05, 3.63) is 95.6 Å². The van der Waals surface area contributed by atoms with E-state index in [9.17, 15) is 38.5 Å². The quantitative estimate of drug-likeness (QED) is 0.0563. The molecule has 0 saturated heterocycles. The number of aliphatic hydroxyl groups is 3. The highest BCUT2D eigenvalue weighted by atomic mass is 19.1. The number of alkyl halides is 2. The normalized spacial score (nSPS) is 18.8. The van der Waals surface area contributed by atoms with Crippen LogP contribution in [0.1, 0.15) is 118 Å². The number of nitriles is 2. The molecule has 21 heteroatoms. The largest absolute Gasteiger partial charge is 0.462 e. The van der Waals surface area contributed by atoms with E-state index in [2.05, 4.69) is 53.6 Å². The van der Waals surface area contributed by atoms with Crippen molar-refractivity contribution < 1.29 is 43.2 Å². The van der Waals surface area contributed by atoms with Crippen molar-refractivity contribution in [2.75, 3.05) is 23.7 Å². The lowest BCUT2D eigenvalue weighted by Crippen LogP contribution is -2.42. The van der Waals surface area contributed by atoms with Gasteiger partial charge in [0, 0.05) is 37.8 Å². The molecule has 0 bridgehead atoms. The number of nitrogens with zero attached hydrogens (tertiary/aromatic N) is 8. The molecule has 0 spiro atoms. The molecule has 0 radical (unpaired) electrons. The van der Waals surface area contributed by atoms with Crippen LogP contribution in [0, 0.1) is 22.7 Å². The van der Waals surface area contributed by atoms with Gasteiger partial charge in [-0.05, 0) is 121 Å². The zero-order valence-corrected chi connectivity index (χ0v) is 41.3. The van der Waals surface area contributed by atoms with Gasteiger partial charge in [0.1, 0.15) is 30.6 Å². The molecule has 2 aliphatic carbocycles. The number of nitrogens with one attached hydrogen (secondary N) is 4. The SMILES string of the molecule is CC(=O)O[C@@H]1CCC[C@H](Nc2cc(-c3ccc4cc(C#N)cnn34)ncc2C(=O)NC[C@@H](F)C(C)(C)O)C1.CC(C)(O)[C@H](F)CNC(=O)c1cnc(-c2ccc3cc(C#N)cnn23)cc1N[C@H]1CCC[C@@H](O)C1. The highest BCUT2D eigenvalue weighted by molar-refractivity contribution is 6.00. The second-order valence-electron chi connectivity index (χ2n) is 19.6. The van der Waals surface area contributed by atoms with Crippen molar-refractivity contribution in [2.45, 2.75) is 134 Å².